The predicted molar refractivity (Wildman–Crippen MR) is 53.0 cm³/mol. The van der Waals surface area contributed by atoms with Crippen molar-refractivity contribution in [2.75, 3.05) is 40.8 Å². The average Bonchev–Trinajstić information content (AvgIpc) is 2.13. The SMILES string of the molecule is CO[P@@](C)(=O)OCCO[P@](C)(=O)OC. The van der Waals surface area contributed by atoms with E-state index >= 15 is 0 Å². The maximum absolute atomic E-state index is 11.2. The fourth-order valence-electron chi connectivity index (χ4n) is 0.512. The Morgan fingerprint density at radius 3 is 1.36 bits per heavy atom. The van der Waals surface area contributed by atoms with E-state index in [0.717, 1.165) is 0 Å². The van der Waals surface area contributed by atoms with E-state index in [-0.39, 0.29) is 13.2 Å². The molecule has 0 unspecified atom stereocenters. The Kier molecular flexibility index (Phi) is 6.14. The first-order valence-electron chi connectivity index (χ1n) is 3.88. The van der Waals surface area contributed by atoms with Gasteiger partial charge in [-0.15, -0.1) is 0 Å². The second kappa shape index (κ2) is 6.01. The Morgan fingerprint density at radius 2 is 1.14 bits per heavy atom. The summed E-state index contributed by atoms with van der Waals surface area (Å²) in [4.78, 5) is 0. The lowest BCUT2D eigenvalue weighted by molar-refractivity contribution is 0.169. The van der Waals surface area contributed by atoms with Crippen LogP contribution in [0.3, 0.4) is 0 Å². The van der Waals surface area contributed by atoms with Crippen LogP contribution in [0.4, 0.5) is 0 Å². The smallest absolute Gasteiger partial charge is 0.312 e. The van der Waals surface area contributed by atoms with Gasteiger partial charge in [0.2, 0.25) is 0 Å². The van der Waals surface area contributed by atoms with Crippen LogP contribution in [0.5, 0.6) is 0 Å². The molecule has 0 aromatic rings. The van der Waals surface area contributed by atoms with Crippen LogP contribution < -0.4 is 0 Å². The molecule has 0 heterocycles. The Labute approximate surface area is 83.9 Å². The van der Waals surface area contributed by atoms with Crippen LogP contribution in [0, 0.1) is 0 Å². The van der Waals surface area contributed by atoms with Crippen molar-refractivity contribution < 1.29 is 27.2 Å². The molecule has 0 saturated heterocycles. The van der Waals surface area contributed by atoms with E-state index in [2.05, 4.69) is 9.05 Å². The van der Waals surface area contributed by atoms with Crippen LogP contribution in [0.2, 0.25) is 0 Å². The predicted octanol–water partition coefficient (Wildman–Crippen LogP) is 1.96. The van der Waals surface area contributed by atoms with Gasteiger partial charge >= 0.3 is 15.2 Å². The molecule has 2 atom stereocenters. The lowest BCUT2D eigenvalue weighted by atomic mass is 10.8. The summed E-state index contributed by atoms with van der Waals surface area (Å²) < 4.78 is 41.2. The molecule has 0 amide bonds. The first-order valence-corrected chi connectivity index (χ1v) is 7.86. The summed E-state index contributed by atoms with van der Waals surface area (Å²) in [5.74, 6) is 0. The molecule has 0 bridgehead atoms. The Morgan fingerprint density at radius 1 is 0.857 bits per heavy atom. The number of hydrogen-bond acceptors (Lipinski definition) is 6. The maximum atomic E-state index is 11.2. The second-order valence-corrected chi connectivity index (χ2v) is 6.91. The Hall–Kier alpha value is 0.300. The quantitative estimate of drug-likeness (QED) is 0.505. The monoisotopic (exact) mass is 246 g/mol. The highest BCUT2D eigenvalue weighted by Crippen LogP contribution is 2.44. The summed E-state index contributed by atoms with van der Waals surface area (Å²) in [6, 6.07) is 0. The molecular weight excluding hydrogens is 230 g/mol. The zero-order valence-electron chi connectivity index (χ0n) is 8.76. The summed E-state index contributed by atoms with van der Waals surface area (Å²) >= 11 is 0. The van der Waals surface area contributed by atoms with E-state index in [9.17, 15) is 9.13 Å². The first kappa shape index (κ1) is 14.3. The van der Waals surface area contributed by atoms with Crippen molar-refractivity contribution in [3.05, 3.63) is 0 Å². The molecule has 0 aliphatic heterocycles. The van der Waals surface area contributed by atoms with E-state index in [1.54, 1.807) is 0 Å². The highest BCUT2D eigenvalue weighted by atomic mass is 31.2. The molecule has 0 spiro atoms. The molecule has 0 aromatic heterocycles. The molecule has 8 heteroatoms. The van der Waals surface area contributed by atoms with Crippen molar-refractivity contribution in [3.8, 4) is 0 Å². The van der Waals surface area contributed by atoms with Gasteiger partial charge in [-0.3, -0.25) is 9.13 Å². The molecule has 0 rings (SSSR count). The maximum Gasteiger partial charge on any atom is 0.327 e. The zero-order chi connectivity index (χ0) is 11.2. The molecule has 6 nitrogen and oxygen atoms in total. The van der Waals surface area contributed by atoms with Gasteiger partial charge in [-0.25, -0.2) is 0 Å². The molecule has 14 heavy (non-hydrogen) atoms. The normalized spacial score (nSPS) is 20.0. The minimum atomic E-state index is -2.97. The van der Waals surface area contributed by atoms with Crippen molar-refractivity contribution in [2.45, 2.75) is 0 Å². The Balaban J connectivity index is 3.68. The van der Waals surface area contributed by atoms with E-state index < -0.39 is 15.2 Å². The van der Waals surface area contributed by atoms with E-state index in [1.807, 2.05) is 0 Å². The van der Waals surface area contributed by atoms with Gasteiger partial charge < -0.3 is 18.1 Å². The van der Waals surface area contributed by atoms with Crippen molar-refractivity contribution >= 4 is 15.2 Å². The van der Waals surface area contributed by atoms with Crippen molar-refractivity contribution in [2.24, 2.45) is 0 Å². The molecule has 0 aliphatic rings. The molecule has 0 saturated carbocycles. The van der Waals surface area contributed by atoms with Crippen LogP contribution in [0.25, 0.3) is 0 Å². The third kappa shape index (κ3) is 6.71. The van der Waals surface area contributed by atoms with Gasteiger partial charge in [-0.05, 0) is 0 Å². The minimum absolute atomic E-state index is 0.0445. The minimum Gasteiger partial charge on any atom is -0.312 e. The molecule has 0 aliphatic carbocycles. The van der Waals surface area contributed by atoms with Gasteiger partial charge in [-0.2, -0.15) is 0 Å². The van der Waals surface area contributed by atoms with Crippen LogP contribution in [0.15, 0.2) is 0 Å². The van der Waals surface area contributed by atoms with Crippen LogP contribution in [-0.2, 0) is 27.2 Å². The molecule has 0 radical (unpaired) electrons. The lowest BCUT2D eigenvalue weighted by Crippen LogP contribution is -2.02. The standard InChI is InChI=1S/C6H16O6P2/c1-9-13(3,7)11-5-6-12-14(4,8)10-2/h5-6H2,1-4H3/t13-,14-/m1/s1. The van der Waals surface area contributed by atoms with Crippen LogP contribution in [-0.4, -0.2) is 40.8 Å². The highest BCUT2D eigenvalue weighted by molar-refractivity contribution is 7.53. The van der Waals surface area contributed by atoms with Crippen LogP contribution in [0.1, 0.15) is 0 Å². The third-order valence-corrected chi connectivity index (χ3v) is 4.03. The number of rotatable bonds is 7. The molecule has 0 aromatic carbocycles. The average molecular weight is 246 g/mol. The van der Waals surface area contributed by atoms with Gasteiger partial charge in [0.25, 0.3) is 0 Å². The zero-order valence-corrected chi connectivity index (χ0v) is 10.5. The lowest BCUT2D eigenvalue weighted by Gasteiger charge is -2.13. The molecule has 86 valence electrons. The summed E-state index contributed by atoms with van der Waals surface area (Å²) in [6.07, 6.45) is 0. The van der Waals surface area contributed by atoms with Crippen molar-refractivity contribution in [3.63, 3.8) is 0 Å². The molecule has 0 fully saturated rings. The fraction of sp³-hybridized carbons (Fsp3) is 1.00. The first-order chi connectivity index (χ1) is 6.33. The summed E-state index contributed by atoms with van der Waals surface area (Å²) in [5, 5.41) is 0. The van der Waals surface area contributed by atoms with Gasteiger partial charge in [0.05, 0.1) is 13.2 Å². The van der Waals surface area contributed by atoms with Gasteiger partial charge in [0.15, 0.2) is 0 Å². The van der Waals surface area contributed by atoms with Gasteiger partial charge in [0, 0.05) is 27.5 Å². The Bertz CT molecular complexity index is 227. The number of hydrogen-bond donors (Lipinski definition) is 0. The summed E-state index contributed by atoms with van der Waals surface area (Å²) in [7, 11) is -3.36. The van der Waals surface area contributed by atoms with E-state index in [4.69, 9.17) is 9.05 Å². The van der Waals surface area contributed by atoms with E-state index in [1.165, 1.54) is 27.5 Å². The third-order valence-electron chi connectivity index (χ3n) is 1.40. The summed E-state index contributed by atoms with van der Waals surface area (Å²) in [5.41, 5.74) is 0. The molecular formula is C6H16O6P2. The largest absolute Gasteiger partial charge is 0.327 e. The van der Waals surface area contributed by atoms with E-state index in [0.29, 0.717) is 0 Å². The van der Waals surface area contributed by atoms with Crippen LogP contribution >= 0.6 is 15.2 Å². The van der Waals surface area contributed by atoms with Crippen molar-refractivity contribution in [1.82, 2.24) is 0 Å². The highest BCUT2D eigenvalue weighted by Gasteiger charge is 2.17. The van der Waals surface area contributed by atoms with Crippen molar-refractivity contribution in [1.29, 1.82) is 0 Å². The topological polar surface area (TPSA) is 71.1 Å². The van der Waals surface area contributed by atoms with Gasteiger partial charge in [-0.1, -0.05) is 0 Å². The summed E-state index contributed by atoms with van der Waals surface area (Å²) in [6.45, 7) is 2.77. The second-order valence-electron chi connectivity index (χ2n) is 2.57. The fourth-order valence-corrected chi connectivity index (χ4v) is 1.53. The molecule has 0 N–H and O–H groups in total. The van der Waals surface area contributed by atoms with Gasteiger partial charge in [0.1, 0.15) is 0 Å².